The number of amides is 1. The van der Waals surface area contributed by atoms with Crippen LogP contribution < -0.4 is 5.32 Å². The van der Waals surface area contributed by atoms with Crippen molar-refractivity contribution >= 4 is 27.5 Å². The molecular weight excluding hydrogens is 315 g/mol. The highest BCUT2D eigenvalue weighted by molar-refractivity contribution is 9.10. The van der Waals surface area contributed by atoms with Crippen LogP contribution in [0.3, 0.4) is 0 Å². The second-order valence-corrected chi connectivity index (χ2v) is 4.49. The van der Waals surface area contributed by atoms with Crippen LogP contribution in [0.25, 0.3) is 0 Å². The first-order valence-corrected chi connectivity index (χ1v) is 5.78. The van der Waals surface area contributed by atoms with Gasteiger partial charge in [-0.3, -0.25) is 4.79 Å². The Balaban J connectivity index is 2.45. The number of hydrogen-bond acceptors (Lipinski definition) is 2. The minimum atomic E-state index is -4.43. The third kappa shape index (κ3) is 5.50. The maximum atomic E-state index is 11.8. The Morgan fingerprint density at radius 1 is 1.44 bits per heavy atom. The van der Waals surface area contributed by atoms with Crippen LogP contribution in [0.4, 0.5) is 18.9 Å². The number of hydrogen-bond donors (Lipinski definition) is 1. The van der Waals surface area contributed by atoms with Gasteiger partial charge in [0.05, 0.1) is 5.69 Å². The van der Waals surface area contributed by atoms with E-state index in [-0.39, 0.29) is 0 Å². The molecule has 7 heteroatoms. The van der Waals surface area contributed by atoms with Gasteiger partial charge in [-0.2, -0.15) is 13.2 Å². The Morgan fingerprint density at radius 2 is 2.11 bits per heavy atom. The van der Waals surface area contributed by atoms with Crippen LogP contribution in [0.15, 0.2) is 22.7 Å². The topological polar surface area (TPSA) is 38.3 Å². The van der Waals surface area contributed by atoms with Gasteiger partial charge < -0.3 is 10.1 Å². The van der Waals surface area contributed by atoms with Gasteiger partial charge in [-0.15, -0.1) is 0 Å². The smallest absolute Gasteiger partial charge is 0.362 e. The standard InChI is InChI=1S/C11H11BrF3NO2/c1-7-2-3-9(8(12)4-7)16-10(17)5-18-6-11(13,14)15/h2-4H,5-6H2,1H3,(H,16,17). The lowest BCUT2D eigenvalue weighted by atomic mass is 10.2. The molecule has 0 radical (unpaired) electrons. The molecule has 3 nitrogen and oxygen atoms in total. The van der Waals surface area contributed by atoms with E-state index in [2.05, 4.69) is 26.0 Å². The number of ether oxygens (including phenoxy) is 1. The molecule has 0 spiro atoms. The van der Waals surface area contributed by atoms with Gasteiger partial charge in [-0.05, 0) is 40.5 Å². The fourth-order valence-corrected chi connectivity index (χ4v) is 1.76. The van der Waals surface area contributed by atoms with Crippen molar-refractivity contribution in [1.82, 2.24) is 0 Å². The van der Waals surface area contributed by atoms with Gasteiger partial charge >= 0.3 is 6.18 Å². The number of nitrogens with one attached hydrogen (secondary N) is 1. The predicted molar refractivity (Wildman–Crippen MR) is 64.4 cm³/mol. The molecule has 0 saturated heterocycles. The maximum absolute atomic E-state index is 11.8. The Kier molecular flexibility index (Phi) is 5.15. The molecule has 0 fully saturated rings. The summed E-state index contributed by atoms with van der Waals surface area (Å²) in [6, 6.07) is 5.21. The SMILES string of the molecule is Cc1ccc(NC(=O)COCC(F)(F)F)c(Br)c1. The van der Waals surface area contributed by atoms with Gasteiger partial charge in [0.15, 0.2) is 0 Å². The quantitative estimate of drug-likeness (QED) is 0.922. The summed E-state index contributed by atoms with van der Waals surface area (Å²) in [6.07, 6.45) is -4.43. The van der Waals surface area contributed by atoms with E-state index in [0.717, 1.165) is 5.56 Å². The molecule has 1 aromatic carbocycles. The molecule has 0 atom stereocenters. The molecule has 1 rings (SSSR count). The Labute approximate surface area is 110 Å². The molecule has 0 aromatic heterocycles. The number of alkyl halides is 3. The van der Waals surface area contributed by atoms with Crippen LogP contribution in [-0.2, 0) is 9.53 Å². The van der Waals surface area contributed by atoms with Gasteiger partial charge in [-0.25, -0.2) is 0 Å². The summed E-state index contributed by atoms with van der Waals surface area (Å²) in [7, 11) is 0. The van der Waals surface area contributed by atoms with E-state index in [0.29, 0.717) is 10.2 Å². The van der Waals surface area contributed by atoms with Crippen molar-refractivity contribution in [2.75, 3.05) is 18.5 Å². The summed E-state index contributed by atoms with van der Waals surface area (Å²) in [5.74, 6) is -0.635. The highest BCUT2D eigenvalue weighted by Gasteiger charge is 2.27. The first-order valence-electron chi connectivity index (χ1n) is 4.98. The van der Waals surface area contributed by atoms with Gasteiger partial charge in [0.1, 0.15) is 13.2 Å². The summed E-state index contributed by atoms with van der Waals surface area (Å²) in [4.78, 5) is 11.3. The zero-order valence-electron chi connectivity index (χ0n) is 9.47. The van der Waals surface area contributed by atoms with Crippen molar-refractivity contribution in [2.45, 2.75) is 13.1 Å². The molecule has 0 unspecified atom stereocenters. The van der Waals surface area contributed by atoms with E-state index in [1.807, 2.05) is 6.92 Å². The van der Waals surface area contributed by atoms with Crippen LogP contribution in [0, 0.1) is 6.92 Å². The van der Waals surface area contributed by atoms with E-state index >= 15 is 0 Å². The number of carbonyl (C=O) groups is 1. The molecule has 1 amide bonds. The van der Waals surface area contributed by atoms with E-state index < -0.39 is 25.3 Å². The zero-order valence-corrected chi connectivity index (χ0v) is 11.1. The molecule has 0 aliphatic rings. The van der Waals surface area contributed by atoms with Crippen molar-refractivity contribution in [2.24, 2.45) is 0 Å². The third-order valence-corrected chi connectivity index (χ3v) is 2.55. The number of carbonyl (C=O) groups excluding carboxylic acids is 1. The average Bonchev–Trinajstić information content (AvgIpc) is 2.20. The molecule has 0 aliphatic carbocycles. The highest BCUT2D eigenvalue weighted by Crippen LogP contribution is 2.23. The average molecular weight is 326 g/mol. The number of anilines is 1. The van der Waals surface area contributed by atoms with Crippen molar-refractivity contribution in [3.05, 3.63) is 28.2 Å². The van der Waals surface area contributed by atoms with Gasteiger partial charge in [0.2, 0.25) is 5.91 Å². The van der Waals surface area contributed by atoms with E-state index in [4.69, 9.17) is 0 Å². The lowest BCUT2D eigenvalue weighted by Gasteiger charge is -2.09. The van der Waals surface area contributed by atoms with Gasteiger partial charge in [0.25, 0.3) is 0 Å². The molecule has 18 heavy (non-hydrogen) atoms. The van der Waals surface area contributed by atoms with Gasteiger partial charge in [-0.1, -0.05) is 6.07 Å². The Bertz CT molecular complexity index is 435. The molecule has 1 aromatic rings. The monoisotopic (exact) mass is 325 g/mol. The summed E-state index contributed by atoms with van der Waals surface area (Å²) in [6.45, 7) is -0.196. The van der Waals surface area contributed by atoms with E-state index in [9.17, 15) is 18.0 Å². The lowest BCUT2D eigenvalue weighted by molar-refractivity contribution is -0.174. The van der Waals surface area contributed by atoms with Crippen LogP contribution in [0.2, 0.25) is 0 Å². The minimum absolute atomic E-state index is 0.487. The number of halogens is 4. The fraction of sp³-hybridized carbons (Fsp3) is 0.364. The molecule has 0 heterocycles. The predicted octanol–water partition coefficient (Wildman–Crippen LogP) is 3.27. The van der Waals surface area contributed by atoms with Crippen molar-refractivity contribution < 1.29 is 22.7 Å². The van der Waals surface area contributed by atoms with Crippen LogP contribution in [-0.4, -0.2) is 25.3 Å². The summed E-state index contributed by atoms with van der Waals surface area (Å²) in [5, 5.41) is 2.45. The maximum Gasteiger partial charge on any atom is 0.411 e. The fourth-order valence-electron chi connectivity index (χ4n) is 1.17. The Hall–Kier alpha value is -1.08. The summed E-state index contributed by atoms with van der Waals surface area (Å²) < 4.78 is 40.2. The second-order valence-electron chi connectivity index (χ2n) is 3.64. The van der Waals surface area contributed by atoms with Crippen LogP contribution >= 0.6 is 15.9 Å². The van der Waals surface area contributed by atoms with Crippen LogP contribution in [0.5, 0.6) is 0 Å². The van der Waals surface area contributed by atoms with E-state index in [1.54, 1.807) is 18.2 Å². The molecular formula is C11H11BrF3NO2. The molecule has 1 N–H and O–H groups in total. The minimum Gasteiger partial charge on any atom is -0.362 e. The molecule has 0 bridgehead atoms. The van der Waals surface area contributed by atoms with Crippen LogP contribution in [0.1, 0.15) is 5.56 Å². The Morgan fingerprint density at radius 3 is 2.67 bits per heavy atom. The highest BCUT2D eigenvalue weighted by atomic mass is 79.9. The van der Waals surface area contributed by atoms with Gasteiger partial charge in [0, 0.05) is 4.47 Å². The number of rotatable bonds is 4. The third-order valence-electron chi connectivity index (χ3n) is 1.90. The molecule has 0 aliphatic heterocycles. The first kappa shape index (κ1) is 15.0. The number of benzene rings is 1. The molecule has 100 valence electrons. The second kappa shape index (κ2) is 6.19. The molecule has 0 saturated carbocycles. The number of aryl methyl sites for hydroxylation is 1. The largest absolute Gasteiger partial charge is 0.411 e. The summed E-state index contributed by atoms with van der Waals surface area (Å²) in [5.41, 5.74) is 1.48. The first-order chi connectivity index (χ1) is 8.28. The normalized spacial score (nSPS) is 11.4. The zero-order chi connectivity index (χ0) is 13.8. The van der Waals surface area contributed by atoms with Crippen molar-refractivity contribution in [3.8, 4) is 0 Å². The van der Waals surface area contributed by atoms with Crippen molar-refractivity contribution in [1.29, 1.82) is 0 Å². The lowest BCUT2D eigenvalue weighted by Crippen LogP contribution is -2.24. The summed E-state index contributed by atoms with van der Waals surface area (Å²) >= 11 is 3.24. The van der Waals surface area contributed by atoms with E-state index in [1.165, 1.54) is 0 Å². The van der Waals surface area contributed by atoms with Crippen molar-refractivity contribution in [3.63, 3.8) is 0 Å².